The summed E-state index contributed by atoms with van der Waals surface area (Å²) in [6.07, 6.45) is 76.0. The molecule has 0 N–H and O–H groups in total. The van der Waals surface area contributed by atoms with Gasteiger partial charge in [-0.1, -0.05) is 307 Å². The van der Waals surface area contributed by atoms with Crippen LogP contribution in [0.25, 0.3) is 0 Å². The van der Waals surface area contributed by atoms with Gasteiger partial charge in [-0.05, 0) is 57.8 Å². The van der Waals surface area contributed by atoms with Crippen LogP contribution in [0.5, 0.6) is 0 Å². The van der Waals surface area contributed by atoms with Gasteiger partial charge in [-0.2, -0.15) is 0 Å². The standard InChI is InChI=1S/C66H120O6/c1-4-7-10-13-16-18-20-22-24-26-28-29-30-31-32-33-34-35-36-37-39-40-42-44-46-48-50-53-56-59-65(68)71-62-63(61-70-64(67)58-55-52-15-12-9-6-3)72-66(69)60-57-54-51-49-47-45-43-41-38-27-25-23-21-19-17-14-11-8-5-2/h8,11,17,19,23,25,38,41,63H,4-7,9-10,12-16,18,20-22,24,26-37,39-40,42-62H2,1-3H3/b11-8-,19-17-,25-23-,41-38-. The third-order valence-corrected chi connectivity index (χ3v) is 14.1. The van der Waals surface area contributed by atoms with Crippen molar-refractivity contribution in [3.8, 4) is 0 Å². The second-order valence-corrected chi connectivity index (χ2v) is 21.3. The summed E-state index contributed by atoms with van der Waals surface area (Å²) in [7, 11) is 0. The molecule has 0 saturated carbocycles. The predicted molar refractivity (Wildman–Crippen MR) is 312 cm³/mol. The number of allylic oxidation sites excluding steroid dienone is 8. The maximum atomic E-state index is 12.8. The zero-order chi connectivity index (χ0) is 52.2. The van der Waals surface area contributed by atoms with Gasteiger partial charge in [0.2, 0.25) is 0 Å². The van der Waals surface area contributed by atoms with Crippen molar-refractivity contribution in [1.29, 1.82) is 0 Å². The van der Waals surface area contributed by atoms with Crippen molar-refractivity contribution in [2.75, 3.05) is 13.2 Å². The number of rotatable bonds is 58. The van der Waals surface area contributed by atoms with Gasteiger partial charge < -0.3 is 14.2 Å². The van der Waals surface area contributed by atoms with Gasteiger partial charge in [0.25, 0.3) is 0 Å². The minimum Gasteiger partial charge on any atom is -0.462 e. The van der Waals surface area contributed by atoms with Crippen LogP contribution in [0.2, 0.25) is 0 Å². The molecule has 72 heavy (non-hydrogen) atoms. The second kappa shape index (κ2) is 60.9. The van der Waals surface area contributed by atoms with Crippen LogP contribution >= 0.6 is 0 Å². The Labute approximate surface area is 448 Å². The van der Waals surface area contributed by atoms with Crippen molar-refractivity contribution in [2.24, 2.45) is 0 Å². The van der Waals surface area contributed by atoms with Gasteiger partial charge in [0.1, 0.15) is 13.2 Å². The highest BCUT2D eigenvalue weighted by atomic mass is 16.6. The predicted octanol–water partition coefficient (Wildman–Crippen LogP) is 21.4. The summed E-state index contributed by atoms with van der Waals surface area (Å²) in [6.45, 7) is 6.50. The van der Waals surface area contributed by atoms with E-state index in [1.807, 2.05) is 0 Å². The van der Waals surface area contributed by atoms with Crippen LogP contribution in [0.15, 0.2) is 48.6 Å². The molecule has 0 aliphatic carbocycles. The molecule has 0 bridgehead atoms. The molecule has 0 rings (SSSR count). The summed E-state index contributed by atoms with van der Waals surface area (Å²) < 4.78 is 16.8. The summed E-state index contributed by atoms with van der Waals surface area (Å²) in [6, 6.07) is 0. The molecule has 0 radical (unpaired) electrons. The summed E-state index contributed by atoms with van der Waals surface area (Å²) in [5, 5.41) is 0. The number of carbonyl (C=O) groups is 3. The van der Waals surface area contributed by atoms with Crippen molar-refractivity contribution in [3.63, 3.8) is 0 Å². The van der Waals surface area contributed by atoms with E-state index in [4.69, 9.17) is 14.2 Å². The molecule has 0 aliphatic heterocycles. The lowest BCUT2D eigenvalue weighted by Crippen LogP contribution is -2.30. The second-order valence-electron chi connectivity index (χ2n) is 21.3. The first-order valence-electron chi connectivity index (χ1n) is 31.6. The van der Waals surface area contributed by atoms with E-state index < -0.39 is 6.10 Å². The minimum absolute atomic E-state index is 0.0757. The molecule has 0 fully saturated rings. The highest BCUT2D eigenvalue weighted by Gasteiger charge is 2.19. The van der Waals surface area contributed by atoms with Crippen molar-refractivity contribution >= 4 is 17.9 Å². The average molecular weight is 1010 g/mol. The lowest BCUT2D eigenvalue weighted by molar-refractivity contribution is -0.167. The molecule has 0 saturated heterocycles. The molecular formula is C66H120O6. The van der Waals surface area contributed by atoms with Crippen LogP contribution in [0.4, 0.5) is 0 Å². The van der Waals surface area contributed by atoms with Crippen LogP contribution in [0, 0.1) is 0 Å². The Kier molecular flexibility index (Phi) is 58.7. The van der Waals surface area contributed by atoms with Crippen LogP contribution in [0.1, 0.15) is 335 Å². The molecule has 0 heterocycles. The highest BCUT2D eigenvalue weighted by molar-refractivity contribution is 5.71. The largest absolute Gasteiger partial charge is 0.462 e. The molecule has 0 amide bonds. The average Bonchev–Trinajstić information content (AvgIpc) is 3.38. The number of carbonyl (C=O) groups excluding carboxylic acids is 3. The first kappa shape index (κ1) is 69.4. The first-order valence-corrected chi connectivity index (χ1v) is 31.6. The summed E-state index contributed by atoms with van der Waals surface area (Å²) >= 11 is 0. The number of esters is 3. The fraction of sp³-hybridized carbons (Fsp3) is 0.833. The number of unbranched alkanes of at least 4 members (excludes halogenated alkanes) is 39. The zero-order valence-electron chi connectivity index (χ0n) is 48.2. The molecule has 0 aliphatic rings. The van der Waals surface area contributed by atoms with Gasteiger partial charge in [-0.25, -0.2) is 0 Å². The highest BCUT2D eigenvalue weighted by Crippen LogP contribution is 2.18. The van der Waals surface area contributed by atoms with E-state index in [1.165, 1.54) is 199 Å². The quantitative estimate of drug-likeness (QED) is 0.0261. The Bertz CT molecular complexity index is 1250. The number of hydrogen-bond acceptors (Lipinski definition) is 6. The smallest absolute Gasteiger partial charge is 0.306 e. The van der Waals surface area contributed by atoms with Gasteiger partial charge >= 0.3 is 17.9 Å². The molecule has 0 aromatic carbocycles. The normalized spacial score (nSPS) is 12.3. The Balaban J connectivity index is 4.01. The molecule has 6 nitrogen and oxygen atoms in total. The van der Waals surface area contributed by atoms with Crippen LogP contribution in [-0.2, 0) is 28.6 Å². The van der Waals surface area contributed by atoms with Crippen molar-refractivity contribution < 1.29 is 28.6 Å². The summed E-state index contributed by atoms with van der Waals surface area (Å²) in [5.41, 5.74) is 0. The lowest BCUT2D eigenvalue weighted by Gasteiger charge is -2.18. The van der Waals surface area contributed by atoms with Gasteiger partial charge in [0, 0.05) is 19.3 Å². The van der Waals surface area contributed by atoms with E-state index in [0.29, 0.717) is 19.3 Å². The SMILES string of the molecule is CC/C=C\C/C=C\C/C=C\C/C=C\CCCCCCCCC(=O)OC(COC(=O)CCCCCCCC)COC(=O)CCCCCCCCCCCCCCCCCCCCCCCCCCCCCCC. The summed E-state index contributed by atoms with van der Waals surface area (Å²) in [4.78, 5) is 38.0. The number of hydrogen-bond donors (Lipinski definition) is 0. The van der Waals surface area contributed by atoms with E-state index in [1.54, 1.807) is 0 Å². The van der Waals surface area contributed by atoms with Gasteiger partial charge in [-0.15, -0.1) is 0 Å². The maximum absolute atomic E-state index is 12.8. The Morgan fingerprint density at radius 1 is 0.292 bits per heavy atom. The fourth-order valence-electron chi connectivity index (χ4n) is 9.38. The van der Waals surface area contributed by atoms with E-state index in [9.17, 15) is 14.4 Å². The topological polar surface area (TPSA) is 78.9 Å². The van der Waals surface area contributed by atoms with Gasteiger partial charge in [-0.3, -0.25) is 14.4 Å². The molecule has 0 aromatic heterocycles. The van der Waals surface area contributed by atoms with Crippen LogP contribution in [-0.4, -0.2) is 37.2 Å². The van der Waals surface area contributed by atoms with Gasteiger partial charge in [0.05, 0.1) is 0 Å². The third kappa shape index (κ3) is 58.3. The summed E-state index contributed by atoms with van der Waals surface area (Å²) in [5.74, 6) is -0.884. The molecule has 420 valence electrons. The van der Waals surface area contributed by atoms with E-state index in [2.05, 4.69) is 69.4 Å². The fourth-order valence-corrected chi connectivity index (χ4v) is 9.38. The molecule has 6 heteroatoms. The van der Waals surface area contributed by atoms with Crippen LogP contribution in [0.3, 0.4) is 0 Å². The van der Waals surface area contributed by atoms with E-state index in [-0.39, 0.29) is 31.1 Å². The lowest BCUT2D eigenvalue weighted by atomic mass is 10.0. The Hall–Kier alpha value is -2.63. The third-order valence-electron chi connectivity index (χ3n) is 14.1. The van der Waals surface area contributed by atoms with Crippen molar-refractivity contribution in [2.45, 2.75) is 341 Å². The first-order chi connectivity index (χ1) is 35.5. The Morgan fingerprint density at radius 2 is 0.542 bits per heavy atom. The van der Waals surface area contributed by atoms with Crippen LogP contribution < -0.4 is 0 Å². The molecule has 0 spiro atoms. The Morgan fingerprint density at radius 3 is 0.847 bits per heavy atom. The monoisotopic (exact) mass is 1010 g/mol. The maximum Gasteiger partial charge on any atom is 0.306 e. The molecular weight excluding hydrogens is 889 g/mol. The molecule has 1 unspecified atom stereocenters. The zero-order valence-corrected chi connectivity index (χ0v) is 48.2. The molecule has 1 atom stereocenters. The molecule has 0 aromatic rings. The minimum atomic E-state index is -0.776. The van der Waals surface area contributed by atoms with E-state index in [0.717, 1.165) is 96.3 Å². The van der Waals surface area contributed by atoms with Gasteiger partial charge in [0.15, 0.2) is 6.10 Å². The number of ether oxygens (including phenoxy) is 3. The van der Waals surface area contributed by atoms with Crippen molar-refractivity contribution in [1.82, 2.24) is 0 Å². The van der Waals surface area contributed by atoms with Crippen molar-refractivity contribution in [3.05, 3.63) is 48.6 Å². The van der Waals surface area contributed by atoms with E-state index >= 15 is 0 Å².